The van der Waals surface area contributed by atoms with Crippen LogP contribution < -0.4 is 15.4 Å². The Kier molecular flexibility index (Phi) is 10.6. The van der Waals surface area contributed by atoms with Gasteiger partial charge < -0.3 is 34.7 Å². The van der Waals surface area contributed by atoms with Crippen molar-refractivity contribution in [3.8, 4) is 5.75 Å². The first-order valence-corrected chi connectivity index (χ1v) is 14.0. The Morgan fingerprint density at radius 1 is 1.17 bits per heavy atom. The minimum Gasteiger partial charge on any atom is -0.495 e. The van der Waals surface area contributed by atoms with Gasteiger partial charge in [-0.1, -0.05) is 15.9 Å². The summed E-state index contributed by atoms with van der Waals surface area (Å²) in [6, 6.07) is 4.07. The highest BCUT2D eigenvalue weighted by Crippen LogP contribution is 2.43. The fourth-order valence-electron chi connectivity index (χ4n) is 3.53. The normalized spacial score (nSPS) is 21.6. The Morgan fingerprint density at radius 2 is 1.86 bits per heavy atom. The van der Waals surface area contributed by atoms with Crippen LogP contribution in [0.25, 0.3) is 0 Å². The van der Waals surface area contributed by atoms with Gasteiger partial charge in [0.25, 0.3) is 11.7 Å². The van der Waals surface area contributed by atoms with E-state index in [4.69, 9.17) is 18.9 Å². The van der Waals surface area contributed by atoms with Gasteiger partial charge >= 0.3 is 0 Å². The summed E-state index contributed by atoms with van der Waals surface area (Å²) in [5.41, 5.74) is 1.27. The van der Waals surface area contributed by atoms with E-state index in [0.29, 0.717) is 40.0 Å². The van der Waals surface area contributed by atoms with Gasteiger partial charge in [0.2, 0.25) is 0 Å². The maximum atomic E-state index is 12.7. The van der Waals surface area contributed by atoms with E-state index in [1.54, 1.807) is 0 Å². The van der Waals surface area contributed by atoms with Crippen LogP contribution in [0.1, 0.15) is 18.4 Å². The second-order valence-electron chi connectivity index (χ2n) is 7.80. The number of likely N-dealkylation sites (N-methyl/N-ethyl adjacent to an activating group) is 1. The number of hydrogen-bond acceptors (Lipinski definition) is 7. The Bertz CT molecular complexity index is 1020. The van der Waals surface area contributed by atoms with Crippen molar-refractivity contribution in [2.75, 3.05) is 33.9 Å². The number of hydrogen-bond donors (Lipinski definition) is 3. The Hall–Kier alpha value is -1.05. The minimum absolute atomic E-state index is 0.0826. The third kappa shape index (κ3) is 6.84. The van der Waals surface area contributed by atoms with Crippen molar-refractivity contribution in [3.63, 3.8) is 0 Å². The highest BCUT2D eigenvalue weighted by Gasteiger charge is 2.51. The quantitative estimate of drug-likeness (QED) is 0.298. The predicted molar refractivity (Wildman–Crippen MR) is 146 cm³/mol. The molecule has 0 saturated carbocycles. The number of allylic oxidation sites excluding steroid dienone is 1. The molecule has 3 N–H and O–H groups in total. The molecule has 192 valence electrons. The van der Waals surface area contributed by atoms with Crippen molar-refractivity contribution in [1.82, 2.24) is 10.6 Å². The standard InChI is InChI=1S/C23H26Br4N2O6/c1-28-6-4-13-8-15(24)20(16(25)9-13)33-7-3-5-29-22(31)14-11-34-23(21(14)30)10-17(26)19(32-2)18(27)12-35-23/h8-9,11-12,21,28,30H,3-7,10H2,1-2H3,(H,29,31). The molecule has 0 saturated heterocycles. The van der Waals surface area contributed by atoms with Crippen molar-refractivity contribution in [1.29, 1.82) is 0 Å². The molecule has 1 aromatic rings. The number of aliphatic hydroxyl groups excluding tert-OH is 1. The summed E-state index contributed by atoms with van der Waals surface area (Å²) in [6.45, 7) is 1.64. The number of methoxy groups -OCH3 is 1. The van der Waals surface area contributed by atoms with Gasteiger partial charge in [-0.25, -0.2) is 0 Å². The number of amides is 1. The first-order chi connectivity index (χ1) is 16.7. The zero-order valence-electron chi connectivity index (χ0n) is 19.1. The molecule has 12 heteroatoms. The molecular weight excluding hydrogens is 720 g/mol. The molecule has 1 spiro atoms. The van der Waals surface area contributed by atoms with Crippen molar-refractivity contribution >= 4 is 69.6 Å². The van der Waals surface area contributed by atoms with Gasteiger partial charge in [-0.05, 0) is 91.9 Å². The Balaban J connectivity index is 1.49. The third-order valence-electron chi connectivity index (χ3n) is 5.36. The monoisotopic (exact) mass is 742 g/mol. The number of benzene rings is 1. The van der Waals surface area contributed by atoms with Gasteiger partial charge in [0.1, 0.15) is 17.8 Å². The first kappa shape index (κ1) is 28.5. The van der Waals surface area contributed by atoms with Gasteiger partial charge in [0, 0.05) is 11.0 Å². The number of ether oxygens (including phenoxy) is 4. The molecule has 2 aliphatic heterocycles. The van der Waals surface area contributed by atoms with Crippen LogP contribution in [-0.2, 0) is 25.4 Å². The second kappa shape index (κ2) is 13.0. The summed E-state index contributed by atoms with van der Waals surface area (Å²) in [5, 5.41) is 16.8. The second-order valence-corrected chi connectivity index (χ2v) is 11.3. The maximum absolute atomic E-state index is 12.7. The summed E-state index contributed by atoms with van der Waals surface area (Å²) in [5.74, 6) is -0.672. The van der Waals surface area contributed by atoms with Crippen LogP contribution in [0.3, 0.4) is 0 Å². The molecule has 35 heavy (non-hydrogen) atoms. The van der Waals surface area contributed by atoms with Crippen LogP contribution in [-0.4, -0.2) is 56.8 Å². The smallest absolute Gasteiger partial charge is 0.284 e. The fraction of sp³-hybridized carbons (Fsp3) is 0.435. The molecular formula is C23H26Br4N2O6. The van der Waals surface area contributed by atoms with E-state index in [0.717, 1.165) is 21.9 Å². The maximum Gasteiger partial charge on any atom is 0.284 e. The van der Waals surface area contributed by atoms with Crippen LogP contribution in [0, 0.1) is 0 Å². The van der Waals surface area contributed by atoms with Gasteiger partial charge in [-0.3, -0.25) is 4.79 Å². The summed E-state index contributed by atoms with van der Waals surface area (Å²) in [7, 11) is 3.44. The van der Waals surface area contributed by atoms with Crippen molar-refractivity contribution in [2.45, 2.75) is 31.2 Å². The van der Waals surface area contributed by atoms with Crippen LogP contribution in [0.4, 0.5) is 0 Å². The molecule has 3 rings (SSSR count). The minimum atomic E-state index is -1.47. The van der Waals surface area contributed by atoms with E-state index in [1.165, 1.54) is 25.2 Å². The number of nitrogens with one attached hydrogen (secondary N) is 2. The van der Waals surface area contributed by atoms with Crippen molar-refractivity contribution < 1.29 is 28.8 Å². The van der Waals surface area contributed by atoms with Crippen LogP contribution in [0.2, 0.25) is 0 Å². The molecule has 1 aromatic carbocycles. The van der Waals surface area contributed by atoms with Gasteiger partial charge in [-0.2, -0.15) is 0 Å². The molecule has 0 fully saturated rings. The molecule has 2 unspecified atom stereocenters. The van der Waals surface area contributed by atoms with Crippen LogP contribution in [0.15, 0.2) is 53.9 Å². The zero-order chi connectivity index (χ0) is 25.6. The Morgan fingerprint density at radius 3 is 2.51 bits per heavy atom. The lowest BCUT2D eigenvalue weighted by Crippen LogP contribution is -2.45. The third-order valence-corrected chi connectivity index (χ3v) is 7.73. The predicted octanol–water partition coefficient (Wildman–Crippen LogP) is 4.74. The van der Waals surface area contributed by atoms with Crippen molar-refractivity contribution in [2.24, 2.45) is 0 Å². The highest BCUT2D eigenvalue weighted by atomic mass is 79.9. The lowest BCUT2D eigenvalue weighted by molar-refractivity contribution is -0.202. The average molecular weight is 746 g/mol. The van der Waals surface area contributed by atoms with Crippen LogP contribution >= 0.6 is 63.7 Å². The van der Waals surface area contributed by atoms with E-state index < -0.39 is 17.8 Å². The highest BCUT2D eigenvalue weighted by molar-refractivity contribution is 9.12. The number of rotatable bonds is 10. The number of aliphatic hydroxyl groups is 1. The number of carbonyl (C=O) groups is 1. The SMILES string of the molecule is CNCCc1cc(Br)c(OCCCNC(=O)C2=COC3(CC(Br)=C(OC)C(Br)=CO3)C2O)c(Br)c1. The molecule has 8 nitrogen and oxygen atoms in total. The van der Waals surface area contributed by atoms with E-state index in [2.05, 4.69) is 74.4 Å². The molecule has 2 heterocycles. The molecule has 2 atom stereocenters. The Labute approximate surface area is 238 Å². The molecule has 2 aliphatic rings. The molecule has 0 radical (unpaired) electrons. The summed E-state index contributed by atoms with van der Waals surface area (Å²) in [6.07, 6.45) is 2.94. The fourth-order valence-corrected chi connectivity index (χ4v) is 6.57. The molecule has 0 bridgehead atoms. The summed E-state index contributed by atoms with van der Waals surface area (Å²) in [4.78, 5) is 12.7. The zero-order valence-corrected chi connectivity index (χ0v) is 25.5. The molecule has 0 aromatic heterocycles. The average Bonchev–Trinajstić information content (AvgIpc) is 3.06. The van der Waals surface area contributed by atoms with Crippen LogP contribution in [0.5, 0.6) is 5.75 Å². The largest absolute Gasteiger partial charge is 0.495 e. The molecule has 0 aliphatic carbocycles. The van der Waals surface area contributed by atoms with Gasteiger partial charge in [-0.15, -0.1) is 0 Å². The number of carbonyl (C=O) groups excluding carboxylic acids is 1. The summed E-state index contributed by atoms with van der Waals surface area (Å²) < 4.78 is 25.5. The van der Waals surface area contributed by atoms with E-state index >= 15 is 0 Å². The lowest BCUT2D eigenvalue weighted by Gasteiger charge is -2.30. The van der Waals surface area contributed by atoms with Gasteiger partial charge in [0.05, 0.1) is 45.4 Å². The topological polar surface area (TPSA) is 98.3 Å². The summed E-state index contributed by atoms with van der Waals surface area (Å²) >= 11 is 13.9. The van der Waals surface area contributed by atoms with E-state index in [9.17, 15) is 9.90 Å². The van der Waals surface area contributed by atoms with Crippen molar-refractivity contribution in [3.05, 3.63) is 59.5 Å². The lowest BCUT2D eigenvalue weighted by atomic mass is 10.0. The van der Waals surface area contributed by atoms with E-state index in [1.807, 2.05) is 19.2 Å². The first-order valence-electron chi connectivity index (χ1n) is 10.8. The molecule has 1 amide bonds. The number of halogens is 4. The van der Waals surface area contributed by atoms with E-state index in [-0.39, 0.29) is 12.0 Å². The van der Waals surface area contributed by atoms with Gasteiger partial charge in [0.15, 0.2) is 6.10 Å².